The summed E-state index contributed by atoms with van der Waals surface area (Å²) in [6.45, 7) is 4.62. The van der Waals surface area contributed by atoms with Crippen LogP contribution in [-0.4, -0.2) is 6.04 Å². The average molecular weight is 307 g/mol. The molecular weight excluding hydrogens is 289 g/mol. The largest absolute Gasteiger partial charge is 0.380 e. The maximum Gasteiger partial charge on any atom is 0.0722 e. The zero-order valence-corrected chi connectivity index (χ0v) is 13.0. The predicted octanol–water partition coefficient (Wildman–Crippen LogP) is 6.03. The second-order valence-corrected chi connectivity index (χ2v) is 7.10. The van der Waals surface area contributed by atoms with Crippen LogP contribution in [0.3, 0.4) is 0 Å². The molecule has 100 valence electrons. The lowest BCUT2D eigenvalue weighted by molar-refractivity contribution is 0.229. The third kappa shape index (κ3) is 3.46. The average Bonchev–Trinajstić information content (AvgIpc) is 2.22. The summed E-state index contributed by atoms with van der Waals surface area (Å²) >= 11 is 18.3. The number of halogens is 3. The molecular formula is C14H18Cl3N. The summed E-state index contributed by atoms with van der Waals surface area (Å²) in [5.41, 5.74) is 1.20. The van der Waals surface area contributed by atoms with E-state index in [4.69, 9.17) is 34.8 Å². The Morgan fingerprint density at radius 2 is 1.78 bits per heavy atom. The van der Waals surface area contributed by atoms with Crippen molar-refractivity contribution in [3.8, 4) is 0 Å². The first kappa shape index (κ1) is 14.3. The first-order valence-electron chi connectivity index (χ1n) is 6.28. The van der Waals surface area contributed by atoms with Crippen molar-refractivity contribution in [1.82, 2.24) is 0 Å². The Kier molecular flexibility index (Phi) is 4.36. The van der Waals surface area contributed by atoms with Crippen LogP contribution in [0.5, 0.6) is 0 Å². The maximum atomic E-state index is 6.19. The number of hydrogen-bond donors (Lipinski definition) is 1. The van der Waals surface area contributed by atoms with Gasteiger partial charge in [0.05, 0.1) is 15.7 Å². The van der Waals surface area contributed by atoms with Crippen molar-refractivity contribution in [3.05, 3.63) is 27.2 Å². The second-order valence-electron chi connectivity index (χ2n) is 5.85. The molecule has 1 N–H and O–H groups in total. The standard InChI is InChI=1S/C14H18Cl3N/c1-14(2)5-3-4-10(8-14)18-13-11(16)6-9(15)7-12(13)17/h6-7,10,18H,3-5,8H2,1-2H3. The Morgan fingerprint density at radius 3 is 2.33 bits per heavy atom. The van der Waals surface area contributed by atoms with E-state index >= 15 is 0 Å². The number of rotatable bonds is 2. The molecule has 18 heavy (non-hydrogen) atoms. The zero-order valence-electron chi connectivity index (χ0n) is 10.7. The Balaban J connectivity index is 2.14. The van der Waals surface area contributed by atoms with Gasteiger partial charge >= 0.3 is 0 Å². The molecule has 0 aromatic heterocycles. The van der Waals surface area contributed by atoms with Gasteiger partial charge in [0.25, 0.3) is 0 Å². The van der Waals surface area contributed by atoms with Gasteiger partial charge in [-0.2, -0.15) is 0 Å². The van der Waals surface area contributed by atoms with Crippen LogP contribution < -0.4 is 5.32 Å². The topological polar surface area (TPSA) is 12.0 Å². The number of benzene rings is 1. The highest BCUT2D eigenvalue weighted by Gasteiger charge is 2.28. The van der Waals surface area contributed by atoms with Crippen molar-refractivity contribution in [2.24, 2.45) is 5.41 Å². The van der Waals surface area contributed by atoms with E-state index in [1.165, 1.54) is 19.3 Å². The monoisotopic (exact) mass is 305 g/mol. The molecule has 1 atom stereocenters. The minimum Gasteiger partial charge on any atom is -0.380 e. The summed E-state index contributed by atoms with van der Waals surface area (Å²) in [4.78, 5) is 0. The van der Waals surface area contributed by atoms with Gasteiger partial charge in [0, 0.05) is 11.1 Å². The van der Waals surface area contributed by atoms with Crippen LogP contribution in [-0.2, 0) is 0 Å². The molecule has 1 aliphatic carbocycles. The van der Waals surface area contributed by atoms with Gasteiger partial charge in [-0.1, -0.05) is 55.1 Å². The van der Waals surface area contributed by atoms with Crippen LogP contribution in [0.2, 0.25) is 15.1 Å². The van der Waals surface area contributed by atoms with Gasteiger partial charge < -0.3 is 5.32 Å². The Morgan fingerprint density at radius 1 is 1.17 bits per heavy atom. The second kappa shape index (κ2) is 5.48. The van der Waals surface area contributed by atoms with E-state index in [0.29, 0.717) is 26.5 Å². The summed E-state index contributed by atoms with van der Waals surface area (Å²) in [7, 11) is 0. The van der Waals surface area contributed by atoms with Crippen LogP contribution >= 0.6 is 34.8 Å². The minimum atomic E-state index is 0.390. The van der Waals surface area contributed by atoms with Crippen LogP contribution in [0.25, 0.3) is 0 Å². The molecule has 0 radical (unpaired) electrons. The SMILES string of the molecule is CC1(C)CCCC(Nc2c(Cl)cc(Cl)cc2Cl)C1. The lowest BCUT2D eigenvalue weighted by Gasteiger charge is -2.36. The number of anilines is 1. The summed E-state index contributed by atoms with van der Waals surface area (Å²) in [5.74, 6) is 0. The zero-order chi connectivity index (χ0) is 13.3. The molecule has 1 nitrogen and oxygen atoms in total. The van der Waals surface area contributed by atoms with Crippen LogP contribution in [0.1, 0.15) is 39.5 Å². The molecule has 2 rings (SSSR count). The first-order valence-corrected chi connectivity index (χ1v) is 7.42. The van der Waals surface area contributed by atoms with E-state index < -0.39 is 0 Å². The van der Waals surface area contributed by atoms with Gasteiger partial charge in [0.2, 0.25) is 0 Å². The van der Waals surface area contributed by atoms with Gasteiger partial charge in [0.15, 0.2) is 0 Å². The van der Waals surface area contributed by atoms with Crippen molar-refractivity contribution >= 4 is 40.5 Å². The van der Waals surface area contributed by atoms with E-state index in [0.717, 1.165) is 12.1 Å². The maximum absolute atomic E-state index is 6.19. The van der Waals surface area contributed by atoms with E-state index in [2.05, 4.69) is 19.2 Å². The fourth-order valence-corrected chi connectivity index (χ4v) is 3.63. The molecule has 0 spiro atoms. The predicted molar refractivity (Wildman–Crippen MR) is 81.1 cm³/mol. The van der Waals surface area contributed by atoms with E-state index in [1.807, 2.05) is 0 Å². The molecule has 0 aliphatic heterocycles. The Bertz CT molecular complexity index is 420. The van der Waals surface area contributed by atoms with Crippen LogP contribution in [0.4, 0.5) is 5.69 Å². The van der Waals surface area contributed by atoms with Crippen molar-refractivity contribution in [2.75, 3.05) is 5.32 Å². The molecule has 0 amide bonds. The van der Waals surface area contributed by atoms with E-state index in [1.54, 1.807) is 12.1 Å². The highest BCUT2D eigenvalue weighted by molar-refractivity contribution is 6.41. The molecule has 4 heteroatoms. The first-order chi connectivity index (χ1) is 8.37. The molecule has 0 saturated heterocycles. The summed E-state index contributed by atoms with van der Waals surface area (Å²) in [5, 5.41) is 5.23. The fraction of sp³-hybridized carbons (Fsp3) is 0.571. The third-order valence-electron chi connectivity index (χ3n) is 3.56. The van der Waals surface area contributed by atoms with Crippen molar-refractivity contribution in [2.45, 2.75) is 45.6 Å². The van der Waals surface area contributed by atoms with E-state index in [9.17, 15) is 0 Å². The van der Waals surface area contributed by atoms with E-state index in [-0.39, 0.29) is 0 Å². The molecule has 1 aliphatic rings. The van der Waals surface area contributed by atoms with Crippen LogP contribution in [0, 0.1) is 5.41 Å². The molecule has 0 heterocycles. The Labute approximate surface area is 124 Å². The highest BCUT2D eigenvalue weighted by atomic mass is 35.5. The van der Waals surface area contributed by atoms with Crippen molar-refractivity contribution in [3.63, 3.8) is 0 Å². The van der Waals surface area contributed by atoms with Gasteiger partial charge in [-0.25, -0.2) is 0 Å². The quantitative estimate of drug-likeness (QED) is 0.703. The van der Waals surface area contributed by atoms with Crippen molar-refractivity contribution in [1.29, 1.82) is 0 Å². The minimum absolute atomic E-state index is 0.390. The van der Waals surface area contributed by atoms with Gasteiger partial charge in [-0.3, -0.25) is 0 Å². The van der Waals surface area contributed by atoms with Crippen molar-refractivity contribution < 1.29 is 0 Å². The summed E-state index contributed by atoms with van der Waals surface area (Å²) in [6, 6.07) is 3.89. The summed E-state index contributed by atoms with van der Waals surface area (Å²) in [6.07, 6.45) is 4.84. The highest BCUT2D eigenvalue weighted by Crippen LogP contribution is 2.39. The van der Waals surface area contributed by atoms with Crippen LogP contribution in [0.15, 0.2) is 12.1 Å². The molecule has 0 bridgehead atoms. The molecule has 1 aromatic carbocycles. The molecule has 1 unspecified atom stereocenters. The smallest absolute Gasteiger partial charge is 0.0722 e. The number of hydrogen-bond acceptors (Lipinski definition) is 1. The lowest BCUT2D eigenvalue weighted by Crippen LogP contribution is -2.31. The van der Waals surface area contributed by atoms with Gasteiger partial charge in [0.1, 0.15) is 0 Å². The molecule has 1 saturated carbocycles. The van der Waals surface area contributed by atoms with Gasteiger partial charge in [-0.15, -0.1) is 0 Å². The molecule has 1 fully saturated rings. The Hall–Kier alpha value is -0.110. The number of nitrogens with one attached hydrogen (secondary N) is 1. The van der Waals surface area contributed by atoms with Gasteiger partial charge in [-0.05, 0) is 36.8 Å². The normalized spacial score (nSPS) is 22.8. The molecule has 1 aromatic rings. The lowest BCUT2D eigenvalue weighted by atomic mass is 9.75. The third-order valence-corrected chi connectivity index (χ3v) is 4.37. The fourth-order valence-electron chi connectivity index (χ4n) is 2.71. The summed E-state index contributed by atoms with van der Waals surface area (Å²) < 4.78 is 0.